The van der Waals surface area contributed by atoms with E-state index in [1.165, 1.54) is 62.8 Å². The molecule has 3 rings (SSSR count). The van der Waals surface area contributed by atoms with Crippen LogP contribution in [-0.4, -0.2) is 40.2 Å². The number of sulfonamides is 1. The lowest BCUT2D eigenvalue weighted by atomic mass is 9.99. The Bertz CT molecular complexity index is 1350. The lowest BCUT2D eigenvalue weighted by Gasteiger charge is -2.18. The van der Waals surface area contributed by atoms with Crippen molar-refractivity contribution in [2.24, 2.45) is 0 Å². The maximum atomic E-state index is 14.2. The van der Waals surface area contributed by atoms with Crippen molar-refractivity contribution >= 4 is 33.2 Å². The minimum atomic E-state index is -4.10. The van der Waals surface area contributed by atoms with Crippen LogP contribution in [0.5, 0.6) is 11.5 Å². The predicted molar refractivity (Wildman–Crippen MR) is 125 cm³/mol. The van der Waals surface area contributed by atoms with Crippen LogP contribution in [0, 0.1) is 11.6 Å². The largest absolute Gasteiger partial charge is 0.493 e. The summed E-state index contributed by atoms with van der Waals surface area (Å²) < 4.78 is 65.4. The summed E-state index contributed by atoms with van der Waals surface area (Å²) in [6.45, 7) is -0.664. The SMILES string of the molecule is COc1ccc(S(=O)(=O)NCC(=O)Nc2ccc(Cl)cc2C(O)c2cccc(F)c2F)cc1OC. The van der Waals surface area contributed by atoms with Gasteiger partial charge in [-0.15, -0.1) is 0 Å². The van der Waals surface area contributed by atoms with E-state index in [0.717, 1.165) is 6.07 Å². The van der Waals surface area contributed by atoms with Crippen molar-refractivity contribution in [3.63, 3.8) is 0 Å². The van der Waals surface area contributed by atoms with Gasteiger partial charge in [-0.1, -0.05) is 23.7 Å². The highest BCUT2D eigenvalue weighted by Crippen LogP contribution is 2.33. The Kier molecular flexibility index (Phi) is 8.28. The van der Waals surface area contributed by atoms with Crippen LogP contribution in [0.15, 0.2) is 59.5 Å². The second-order valence-electron chi connectivity index (χ2n) is 7.17. The normalized spacial score (nSPS) is 12.2. The van der Waals surface area contributed by atoms with Gasteiger partial charge in [0.1, 0.15) is 6.10 Å². The summed E-state index contributed by atoms with van der Waals surface area (Å²) in [4.78, 5) is 12.3. The lowest BCUT2D eigenvalue weighted by molar-refractivity contribution is -0.115. The number of rotatable bonds is 9. The molecule has 0 heterocycles. The van der Waals surface area contributed by atoms with Crippen molar-refractivity contribution in [3.8, 4) is 11.5 Å². The van der Waals surface area contributed by atoms with Gasteiger partial charge in [0.05, 0.1) is 25.7 Å². The van der Waals surface area contributed by atoms with E-state index >= 15 is 0 Å². The van der Waals surface area contributed by atoms with Crippen molar-refractivity contribution in [1.29, 1.82) is 0 Å². The minimum absolute atomic E-state index is 0.0157. The molecule has 3 N–H and O–H groups in total. The Hall–Kier alpha value is -3.25. The molecule has 1 amide bonds. The quantitative estimate of drug-likeness (QED) is 0.392. The number of benzene rings is 3. The number of carbonyl (C=O) groups excluding carboxylic acids is 1. The zero-order chi connectivity index (χ0) is 25.8. The van der Waals surface area contributed by atoms with Crippen LogP contribution in [0.25, 0.3) is 0 Å². The van der Waals surface area contributed by atoms with Gasteiger partial charge in [-0.2, -0.15) is 0 Å². The number of hydrogen-bond acceptors (Lipinski definition) is 6. The smallest absolute Gasteiger partial charge is 0.241 e. The summed E-state index contributed by atoms with van der Waals surface area (Å²) in [5.74, 6) is -2.68. The summed E-state index contributed by atoms with van der Waals surface area (Å²) in [5, 5.41) is 13.3. The maximum Gasteiger partial charge on any atom is 0.241 e. The van der Waals surface area contributed by atoms with Gasteiger partial charge in [0.2, 0.25) is 15.9 Å². The molecule has 0 aliphatic rings. The van der Waals surface area contributed by atoms with Crippen molar-refractivity contribution in [2.75, 3.05) is 26.1 Å². The van der Waals surface area contributed by atoms with Gasteiger partial charge in [0.25, 0.3) is 0 Å². The summed E-state index contributed by atoms with van der Waals surface area (Å²) >= 11 is 5.99. The number of ether oxygens (including phenoxy) is 2. The lowest BCUT2D eigenvalue weighted by Crippen LogP contribution is -2.33. The molecular formula is C23H21ClF2N2O6S. The van der Waals surface area contributed by atoms with E-state index in [4.69, 9.17) is 21.1 Å². The van der Waals surface area contributed by atoms with Crippen LogP contribution < -0.4 is 19.5 Å². The number of carbonyl (C=O) groups is 1. The zero-order valence-electron chi connectivity index (χ0n) is 18.5. The average molecular weight is 527 g/mol. The molecule has 3 aromatic rings. The molecule has 0 radical (unpaired) electrons. The maximum absolute atomic E-state index is 14.2. The fourth-order valence-electron chi connectivity index (χ4n) is 3.19. The monoisotopic (exact) mass is 526 g/mol. The standard InChI is InChI=1S/C23H21ClF2N2O6S/c1-33-19-9-7-14(11-20(19)34-2)35(31,32)27-12-21(29)28-18-8-6-13(24)10-16(18)23(30)15-4-3-5-17(25)22(15)26/h3-11,23,27,30H,12H2,1-2H3,(H,28,29). The van der Waals surface area contributed by atoms with Crippen molar-refractivity contribution in [1.82, 2.24) is 4.72 Å². The van der Waals surface area contributed by atoms with Crippen molar-refractivity contribution in [2.45, 2.75) is 11.0 Å². The van der Waals surface area contributed by atoms with Gasteiger partial charge in [-0.05, 0) is 36.4 Å². The average Bonchev–Trinajstić information content (AvgIpc) is 2.84. The number of halogens is 3. The van der Waals surface area contributed by atoms with Gasteiger partial charge < -0.3 is 19.9 Å². The molecule has 0 bridgehead atoms. The molecule has 186 valence electrons. The third kappa shape index (κ3) is 6.06. The van der Waals surface area contributed by atoms with E-state index in [2.05, 4.69) is 10.0 Å². The number of nitrogens with one attached hydrogen (secondary N) is 2. The van der Waals surface area contributed by atoms with E-state index in [-0.39, 0.29) is 32.5 Å². The first kappa shape index (κ1) is 26.4. The molecular weight excluding hydrogens is 506 g/mol. The van der Waals surface area contributed by atoms with Crippen LogP contribution in [0.2, 0.25) is 5.02 Å². The molecule has 0 aliphatic carbocycles. The third-order valence-electron chi connectivity index (χ3n) is 4.95. The van der Waals surface area contributed by atoms with E-state index in [9.17, 15) is 27.1 Å². The molecule has 0 spiro atoms. The predicted octanol–water partition coefficient (Wildman–Crippen LogP) is 3.63. The van der Waals surface area contributed by atoms with Gasteiger partial charge in [0, 0.05) is 27.9 Å². The molecule has 0 fully saturated rings. The second kappa shape index (κ2) is 11.0. The van der Waals surface area contributed by atoms with Crippen molar-refractivity contribution in [3.05, 3.63) is 82.4 Å². The summed E-state index contributed by atoms with van der Waals surface area (Å²) in [6, 6.07) is 11.3. The Balaban J connectivity index is 1.78. The van der Waals surface area contributed by atoms with Gasteiger partial charge in [-0.3, -0.25) is 4.79 Å². The molecule has 1 unspecified atom stereocenters. The molecule has 0 aromatic heterocycles. The minimum Gasteiger partial charge on any atom is -0.493 e. The molecule has 0 saturated carbocycles. The molecule has 12 heteroatoms. The van der Waals surface area contributed by atoms with Gasteiger partial charge in [-0.25, -0.2) is 21.9 Å². The summed E-state index contributed by atoms with van der Waals surface area (Å²) in [5.41, 5.74) is -0.351. The Labute approximate surface area is 205 Å². The number of methoxy groups -OCH3 is 2. The Morgan fingerprint density at radius 3 is 2.43 bits per heavy atom. The van der Waals surface area contributed by atoms with Gasteiger partial charge in [0.15, 0.2) is 23.1 Å². The van der Waals surface area contributed by atoms with E-state index < -0.39 is 40.2 Å². The highest BCUT2D eigenvalue weighted by molar-refractivity contribution is 7.89. The third-order valence-corrected chi connectivity index (χ3v) is 6.58. The zero-order valence-corrected chi connectivity index (χ0v) is 20.1. The number of anilines is 1. The number of amides is 1. The summed E-state index contributed by atoms with van der Waals surface area (Å²) in [6.07, 6.45) is -1.66. The van der Waals surface area contributed by atoms with Crippen LogP contribution in [0.1, 0.15) is 17.2 Å². The molecule has 35 heavy (non-hydrogen) atoms. The summed E-state index contributed by atoms with van der Waals surface area (Å²) in [7, 11) is -1.35. The molecule has 0 saturated heterocycles. The Morgan fingerprint density at radius 2 is 1.74 bits per heavy atom. The second-order valence-corrected chi connectivity index (χ2v) is 9.37. The van der Waals surface area contributed by atoms with Crippen LogP contribution in [0.3, 0.4) is 0 Å². The first-order valence-electron chi connectivity index (χ1n) is 10.0. The molecule has 1 atom stereocenters. The first-order valence-corrected chi connectivity index (χ1v) is 11.9. The first-order chi connectivity index (χ1) is 16.6. The number of hydrogen-bond donors (Lipinski definition) is 3. The number of aliphatic hydroxyl groups is 1. The van der Waals surface area contributed by atoms with Gasteiger partial charge >= 0.3 is 0 Å². The van der Waals surface area contributed by atoms with E-state index in [0.29, 0.717) is 5.75 Å². The molecule has 0 aliphatic heterocycles. The van der Waals surface area contributed by atoms with Crippen LogP contribution in [0.4, 0.5) is 14.5 Å². The highest BCUT2D eigenvalue weighted by atomic mass is 35.5. The van der Waals surface area contributed by atoms with E-state index in [1.54, 1.807) is 0 Å². The van der Waals surface area contributed by atoms with Crippen LogP contribution in [-0.2, 0) is 14.8 Å². The fraction of sp³-hybridized carbons (Fsp3) is 0.174. The number of aliphatic hydroxyl groups excluding tert-OH is 1. The Morgan fingerprint density at radius 1 is 1.03 bits per heavy atom. The van der Waals surface area contributed by atoms with E-state index in [1.807, 2.05) is 0 Å². The van der Waals surface area contributed by atoms with Crippen molar-refractivity contribution < 1.29 is 36.6 Å². The highest BCUT2D eigenvalue weighted by Gasteiger charge is 2.23. The molecule has 8 nitrogen and oxygen atoms in total. The topological polar surface area (TPSA) is 114 Å². The fourth-order valence-corrected chi connectivity index (χ4v) is 4.37. The van der Waals surface area contributed by atoms with Crippen LogP contribution >= 0.6 is 11.6 Å². The molecule has 3 aromatic carbocycles.